The van der Waals surface area contributed by atoms with E-state index in [1.807, 2.05) is 11.5 Å². The fourth-order valence-corrected chi connectivity index (χ4v) is 1.76. The first-order valence-electron chi connectivity index (χ1n) is 5.77. The van der Waals surface area contributed by atoms with Gasteiger partial charge in [-0.3, -0.25) is 0 Å². The van der Waals surface area contributed by atoms with Crippen molar-refractivity contribution in [1.29, 1.82) is 0 Å². The van der Waals surface area contributed by atoms with Crippen LogP contribution in [0.1, 0.15) is 17.5 Å². The predicted octanol–water partition coefficient (Wildman–Crippen LogP) is 2.53. The van der Waals surface area contributed by atoms with Crippen molar-refractivity contribution in [3.8, 4) is 5.75 Å². The SMILES string of the molecule is Cc1nccn1CC(O)c1ccc(OC(F)F)cc1. The maximum absolute atomic E-state index is 12.0. The normalized spacial score (nSPS) is 12.7. The molecule has 0 saturated heterocycles. The number of aromatic nitrogens is 2. The number of aliphatic hydroxyl groups is 1. The van der Waals surface area contributed by atoms with Gasteiger partial charge in [-0.15, -0.1) is 0 Å². The third-order valence-corrected chi connectivity index (χ3v) is 2.78. The van der Waals surface area contributed by atoms with E-state index >= 15 is 0 Å². The Morgan fingerprint density at radius 1 is 1.32 bits per heavy atom. The fraction of sp³-hybridized carbons (Fsp3) is 0.308. The van der Waals surface area contributed by atoms with Crippen LogP contribution in [0.4, 0.5) is 8.78 Å². The molecule has 0 fully saturated rings. The molecule has 1 aromatic carbocycles. The summed E-state index contributed by atoms with van der Waals surface area (Å²) in [5, 5.41) is 10.1. The second kappa shape index (κ2) is 5.79. The van der Waals surface area contributed by atoms with Gasteiger partial charge in [-0.05, 0) is 24.6 Å². The molecule has 0 aliphatic heterocycles. The molecule has 102 valence electrons. The topological polar surface area (TPSA) is 47.3 Å². The van der Waals surface area contributed by atoms with E-state index in [9.17, 15) is 13.9 Å². The van der Waals surface area contributed by atoms with Gasteiger partial charge >= 0.3 is 6.61 Å². The van der Waals surface area contributed by atoms with Gasteiger partial charge in [-0.1, -0.05) is 12.1 Å². The van der Waals surface area contributed by atoms with Crippen LogP contribution in [0, 0.1) is 6.92 Å². The standard InChI is InChI=1S/C13H14F2N2O2/c1-9-16-6-7-17(9)8-12(18)10-2-4-11(5-3-10)19-13(14)15/h2-7,12-13,18H,8H2,1H3. The molecule has 0 radical (unpaired) electrons. The summed E-state index contributed by atoms with van der Waals surface area (Å²) in [6.07, 6.45) is 2.70. The highest BCUT2D eigenvalue weighted by Crippen LogP contribution is 2.20. The Balaban J connectivity index is 2.03. The van der Waals surface area contributed by atoms with Crippen molar-refractivity contribution in [2.24, 2.45) is 0 Å². The Morgan fingerprint density at radius 2 is 2.00 bits per heavy atom. The van der Waals surface area contributed by atoms with E-state index in [0.29, 0.717) is 12.1 Å². The number of nitrogens with zero attached hydrogens (tertiary/aromatic N) is 2. The van der Waals surface area contributed by atoms with Gasteiger partial charge in [0, 0.05) is 12.4 Å². The number of rotatable bonds is 5. The zero-order valence-electron chi connectivity index (χ0n) is 10.3. The van der Waals surface area contributed by atoms with Gasteiger partial charge in [0.15, 0.2) is 0 Å². The Hall–Kier alpha value is -1.95. The molecule has 4 nitrogen and oxygen atoms in total. The maximum atomic E-state index is 12.0. The minimum absolute atomic E-state index is 0.0739. The van der Waals surface area contributed by atoms with Gasteiger partial charge in [0.25, 0.3) is 0 Å². The molecular weight excluding hydrogens is 254 g/mol. The first-order valence-corrected chi connectivity index (χ1v) is 5.77. The molecule has 19 heavy (non-hydrogen) atoms. The lowest BCUT2D eigenvalue weighted by molar-refractivity contribution is -0.0498. The average Bonchev–Trinajstić information content (AvgIpc) is 2.75. The Labute approximate surface area is 109 Å². The summed E-state index contributed by atoms with van der Waals surface area (Å²) in [6, 6.07) is 5.94. The summed E-state index contributed by atoms with van der Waals surface area (Å²) < 4.78 is 30.0. The smallest absolute Gasteiger partial charge is 0.387 e. The molecule has 2 rings (SSSR count). The van der Waals surface area contributed by atoms with Crippen LogP contribution < -0.4 is 4.74 Å². The third-order valence-electron chi connectivity index (χ3n) is 2.78. The molecule has 0 aliphatic carbocycles. The van der Waals surface area contributed by atoms with Crippen LogP contribution in [0.2, 0.25) is 0 Å². The average molecular weight is 268 g/mol. The fourth-order valence-electron chi connectivity index (χ4n) is 1.76. The minimum Gasteiger partial charge on any atom is -0.435 e. The summed E-state index contributed by atoms with van der Waals surface area (Å²) in [5.41, 5.74) is 0.634. The molecule has 1 aromatic heterocycles. The second-order valence-corrected chi connectivity index (χ2v) is 4.09. The molecule has 0 saturated carbocycles. The largest absolute Gasteiger partial charge is 0.435 e. The van der Waals surface area contributed by atoms with E-state index in [0.717, 1.165) is 5.82 Å². The van der Waals surface area contributed by atoms with E-state index in [4.69, 9.17) is 0 Å². The van der Waals surface area contributed by atoms with Crippen LogP contribution in [0.5, 0.6) is 5.75 Å². The van der Waals surface area contributed by atoms with Crippen LogP contribution in [0.15, 0.2) is 36.7 Å². The van der Waals surface area contributed by atoms with Crippen LogP contribution in [-0.4, -0.2) is 21.3 Å². The van der Waals surface area contributed by atoms with E-state index in [1.165, 1.54) is 12.1 Å². The quantitative estimate of drug-likeness (QED) is 0.906. The van der Waals surface area contributed by atoms with Crippen molar-refractivity contribution in [1.82, 2.24) is 9.55 Å². The summed E-state index contributed by atoms with van der Waals surface area (Å²) in [5.74, 6) is 0.876. The Bertz CT molecular complexity index is 526. The van der Waals surface area contributed by atoms with Crippen molar-refractivity contribution in [2.75, 3.05) is 0 Å². The van der Waals surface area contributed by atoms with Crippen LogP contribution in [0.3, 0.4) is 0 Å². The summed E-state index contributed by atoms with van der Waals surface area (Å²) in [7, 11) is 0. The molecular formula is C13H14F2N2O2. The van der Waals surface area contributed by atoms with Crippen molar-refractivity contribution in [2.45, 2.75) is 26.2 Å². The summed E-state index contributed by atoms with van der Waals surface area (Å²) in [4.78, 5) is 4.06. The van der Waals surface area contributed by atoms with E-state index in [-0.39, 0.29) is 5.75 Å². The first-order chi connectivity index (χ1) is 9.06. The number of aliphatic hydroxyl groups excluding tert-OH is 1. The number of halogens is 2. The maximum Gasteiger partial charge on any atom is 0.387 e. The zero-order valence-corrected chi connectivity index (χ0v) is 10.3. The van der Waals surface area contributed by atoms with E-state index in [2.05, 4.69) is 9.72 Å². The van der Waals surface area contributed by atoms with Crippen LogP contribution in [0.25, 0.3) is 0 Å². The number of imidazole rings is 1. The molecule has 0 spiro atoms. The lowest BCUT2D eigenvalue weighted by Gasteiger charge is -2.13. The number of hydrogen-bond acceptors (Lipinski definition) is 3. The van der Waals surface area contributed by atoms with Gasteiger partial charge in [0.1, 0.15) is 11.6 Å². The van der Waals surface area contributed by atoms with Crippen molar-refractivity contribution in [3.05, 3.63) is 48.0 Å². The third kappa shape index (κ3) is 3.51. The number of hydrogen-bond donors (Lipinski definition) is 1. The van der Waals surface area contributed by atoms with Crippen molar-refractivity contribution in [3.63, 3.8) is 0 Å². The molecule has 2 aromatic rings. The van der Waals surface area contributed by atoms with Gasteiger partial charge < -0.3 is 14.4 Å². The van der Waals surface area contributed by atoms with Crippen molar-refractivity contribution < 1.29 is 18.6 Å². The Kier molecular flexibility index (Phi) is 4.11. The lowest BCUT2D eigenvalue weighted by Crippen LogP contribution is -2.09. The van der Waals surface area contributed by atoms with Gasteiger partial charge in [0.05, 0.1) is 12.6 Å². The highest BCUT2D eigenvalue weighted by molar-refractivity contribution is 5.28. The molecule has 0 aliphatic rings. The van der Waals surface area contributed by atoms with Crippen molar-refractivity contribution >= 4 is 0 Å². The number of aryl methyl sites for hydroxylation is 1. The second-order valence-electron chi connectivity index (χ2n) is 4.09. The minimum atomic E-state index is -2.84. The number of alkyl halides is 2. The number of ether oxygens (including phenoxy) is 1. The summed E-state index contributed by atoms with van der Waals surface area (Å²) >= 11 is 0. The van der Waals surface area contributed by atoms with E-state index < -0.39 is 12.7 Å². The monoisotopic (exact) mass is 268 g/mol. The predicted molar refractivity (Wildman–Crippen MR) is 65.0 cm³/mol. The molecule has 1 heterocycles. The van der Waals surface area contributed by atoms with Gasteiger partial charge in [-0.2, -0.15) is 8.78 Å². The van der Waals surface area contributed by atoms with Crippen LogP contribution in [-0.2, 0) is 6.54 Å². The molecule has 0 amide bonds. The van der Waals surface area contributed by atoms with Gasteiger partial charge in [0.2, 0.25) is 0 Å². The molecule has 1 unspecified atom stereocenters. The molecule has 1 atom stereocenters. The lowest BCUT2D eigenvalue weighted by atomic mass is 10.1. The molecule has 1 N–H and O–H groups in total. The van der Waals surface area contributed by atoms with E-state index in [1.54, 1.807) is 24.5 Å². The highest BCUT2D eigenvalue weighted by Gasteiger charge is 2.10. The molecule has 6 heteroatoms. The molecule has 0 bridgehead atoms. The highest BCUT2D eigenvalue weighted by atomic mass is 19.3. The zero-order chi connectivity index (χ0) is 13.8. The Morgan fingerprint density at radius 3 is 2.53 bits per heavy atom. The van der Waals surface area contributed by atoms with Gasteiger partial charge in [-0.25, -0.2) is 4.98 Å². The summed E-state index contributed by atoms with van der Waals surface area (Å²) in [6.45, 7) is -0.642. The number of benzene rings is 1. The first kappa shape index (κ1) is 13.5. The van der Waals surface area contributed by atoms with Crippen LogP contribution >= 0.6 is 0 Å².